The Kier molecular flexibility index (Phi) is 7.83. The molecule has 2 aliphatic rings. The van der Waals surface area contributed by atoms with E-state index in [0.717, 1.165) is 6.26 Å². The molecule has 1 amide bonds. The van der Waals surface area contributed by atoms with Gasteiger partial charge in [-0.25, -0.2) is 13.2 Å². The highest BCUT2D eigenvalue weighted by molar-refractivity contribution is 7.90. The second-order valence-corrected chi connectivity index (χ2v) is 12.5. The first-order valence-electron chi connectivity index (χ1n) is 13.5. The van der Waals surface area contributed by atoms with Crippen molar-refractivity contribution in [1.29, 1.82) is 0 Å². The number of hydrogen-bond acceptors (Lipinski definition) is 8. The van der Waals surface area contributed by atoms with E-state index in [9.17, 15) is 23.1 Å². The number of piperidine rings is 1. The van der Waals surface area contributed by atoms with Crippen LogP contribution < -0.4 is 10.5 Å². The van der Waals surface area contributed by atoms with E-state index in [1.54, 1.807) is 29.2 Å². The number of aliphatic hydroxyl groups excluding tert-OH is 1. The van der Waals surface area contributed by atoms with Gasteiger partial charge in [-0.1, -0.05) is 43.0 Å². The molecule has 3 aromatic carbocycles. The monoisotopic (exact) mass is 588 g/mol. The number of hydrogen-bond donors (Lipinski definition) is 2. The average molecular weight is 589 g/mol. The van der Waals surface area contributed by atoms with Crippen molar-refractivity contribution in [2.24, 2.45) is 0 Å². The number of nitrogens with two attached hydrogens (primary N) is 1. The average Bonchev–Trinajstić information content (AvgIpc) is 3.20. The van der Waals surface area contributed by atoms with Crippen molar-refractivity contribution in [3.63, 3.8) is 0 Å². The molecule has 0 aliphatic carbocycles. The predicted molar refractivity (Wildman–Crippen MR) is 160 cm³/mol. The summed E-state index contributed by atoms with van der Waals surface area (Å²) >= 11 is 0. The van der Waals surface area contributed by atoms with Gasteiger partial charge < -0.3 is 25.2 Å². The summed E-state index contributed by atoms with van der Waals surface area (Å²) in [5, 5.41) is 11.5. The van der Waals surface area contributed by atoms with Crippen molar-refractivity contribution >= 4 is 39.1 Å². The summed E-state index contributed by atoms with van der Waals surface area (Å²) in [5.74, 6) is -0.468. The number of anilines is 1. The minimum atomic E-state index is -3.44. The fourth-order valence-electron chi connectivity index (χ4n) is 5.44. The standard InChI is InChI=1S/C32H32N2O7S/c1-3-21-18-25(22-9-7-12-24(17-22)42(2,38)39)27(33)19-26(21)29-30(36)32(41-31(29)37)14-8-15-34(20-32)28(35)13-16-40-23-10-5-4-6-11-23/h3-7,9-12,17-19,36H,1,8,13-16,20,33H2,2H3. The summed E-state index contributed by atoms with van der Waals surface area (Å²) in [5.41, 5.74) is 7.25. The lowest BCUT2D eigenvalue weighted by molar-refractivity contribution is -0.156. The number of rotatable bonds is 8. The zero-order valence-corrected chi connectivity index (χ0v) is 24.0. The van der Waals surface area contributed by atoms with Crippen LogP contribution in [0.5, 0.6) is 5.75 Å². The van der Waals surface area contributed by atoms with Crippen molar-refractivity contribution < 1.29 is 32.6 Å². The van der Waals surface area contributed by atoms with Crippen molar-refractivity contribution in [3.05, 3.63) is 90.2 Å². The van der Waals surface area contributed by atoms with Gasteiger partial charge >= 0.3 is 5.97 Å². The van der Waals surface area contributed by atoms with Crippen LogP contribution in [0.1, 0.15) is 30.4 Å². The molecule has 10 heteroatoms. The number of para-hydroxylation sites is 1. The summed E-state index contributed by atoms with van der Waals surface area (Å²) in [7, 11) is -3.44. The lowest BCUT2D eigenvalue weighted by Gasteiger charge is -2.39. The molecular formula is C32H32N2O7S. The molecule has 0 aromatic heterocycles. The first kappa shape index (κ1) is 28.9. The third kappa shape index (κ3) is 5.62. The van der Waals surface area contributed by atoms with Crippen LogP contribution in [-0.2, 0) is 24.2 Å². The number of nitrogens with zero attached hydrogens (tertiary/aromatic N) is 1. The second kappa shape index (κ2) is 11.4. The number of benzene rings is 3. The van der Waals surface area contributed by atoms with E-state index in [2.05, 4.69) is 6.58 Å². The zero-order valence-electron chi connectivity index (χ0n) is 23.2. The maximum atomic E-state index is 13.2. The molecule has 3 aromatic rings. The van der Waals surface area contributed by atoms with Crippen LogP contribution in [0.3, 0.4) is 0 Å². The number of carbonyl (C=O) groups is 2. The molecular weight excluding hydrogens is 556 g/mol. The van der Waals surface area contributed by atoms with Gasteiger partial charge in [-0.05, 0) is 60.4 Å². The van der Waals surface area contributed by atoms with E-state index in [0.29, 0.717) is 47.4 Å². The highest BCUT2D eigenvalue weighted by Gasteiger charge is 2.52. The van der Waals surface area contributed by atoms with E-state index in [-0.39, 0.29) is 47.4 Å². The highest BCUT2D eigenvalue weighted by Crippen LogP contribution is 2.44. The molecule has 0 bridgehead atoms. The number of nitrogen functional groups attached to an aromatic ring is 1. The number of esters is 1. The Bertz CT molecular complexity index is 1700. The van der Waals surface area contributed by atoms with E-state index < -0.39 is 21.4 Å². The Balaban J connectivity index is 1.41. The van der Waals surface area contributed by atoms with Gasteiger partial charge in [0.1, 0.15) is 11.3 Å². The molecule has 1 fully saturated rings. The molecule has 2 aliphatic heterocycles. The molecule has 0 saturated carbocycles. The Hall–Kier alpha value is -4.57. The van der Waals surface area contributed by atoms with Crippen LogP contribution in [0.25, 0.3) is 22.8 Å². The van der Waals surface area contributed by atoms with Gasteiger partial charge in [0.05, 0.1) is 24.5 Å². The molecule has 1 unspecified atom stereocenters. The molecule has 42 heavy (non-hydrogen) atoms. The lowest BCUT2D eigenvalue weighted by atomic mass is 9.87. The first-order chi connectivity index (χ1) is 20.0. The van der Waals surface area contributed by atoms with Gasteiger partial charge in [0.2, 0.25) is 5.91 Å². The Morgan fingerprint density at radius 1 is 1.14 bits per heavy atom. The van der Waals surface area contributed by atoms with Crippen molar-refractivity contribution in [2.75, 3.05) is 31.7 Å². The maximum Gasteiger partial charge on any atom is 0.343 e. The maximum absolute atomic E-state index is 13.2. The molecule has 9 nitrogen and oxygen atoms in total. The van der Waals surface area contributed by atoms with Crippen LogP contribution in [0.2, 0.25) is 0 Å². The molecule has 1 spiro atoms. The van der Waals surface area contributed by atoms with Gasteiger partial charge in [-0.3, -0.25) is 4.79 Å². The lowest BCUT2D eigenvalue weighted by Crippen LogP contribution is -2.51. The van der Waals surface area contributed by atoms with Crippen molar-refractivity contribution in [1.82, 2.24) is 4.90 Å². The van der Waals surface area contributed by atoms with Crippen LogP contribution in [0, 0.1) is 0 Å². The van der Waals surface area contributed by atoms with Gasteiger partial charge in [0.15, 0.2) is 21.2 Å². The molecule has 3 N–H and O–H groups in total. The molecule has 1 saturated heterocycles. The van der Waals surface area contributed by atoms with Crippen molar-refractivity contribution in [3.8, 4) is 16.9 Å². The number of amides is 1. The minimum Gasteiger partial charge on any atom is -0.507 e. The molecule has 1 atom stereocenters. The quantitative estimate of drug-likeness (QED) is 0.287. The SMILES string of the molecule is C=Cc1cc(-c2cccc(S(C)(=O)=O)c2)c(N)cc1C1=C(O)C2(CCCN(C(=O)CCOc3ccccc3)C2)OC1=O. The number of carbonyl (C=O) groups excluding carboxylic acids is 2. The second-order valence-electron chi connectivity index (χ2n) is 10.5. The molecule has 0 radical (unpaired) electrons. The van der Waals surface area contributed by atoms with E-state index in [1.807, 2.05) is 30.3 Å². The van der Waals surface area contributed by atoms with E-state index in [1.165, 1.54) is 18.2 Å². The van der Waals surface area contributed by atoms with Crippen LogP contribution >= 0.6 is 0 Å². The Morgan fingerprint density at radius 3 is 2.62 bits per heavy atom. The number of aliphatic hydroxyl groups is 1. The molecule has 2 heterocycles. The summed E-state index contributed by atoms with van der Waals surface area (Å²) in [4.78, 5) is 28.0. The smallest absolute Gasteiger partial charge is 0.343 e. The predicted octanol–water partition coefficient (Wildman–Crippen LogP) is 4.64. The summed E-state index contributed by atoms with van der Waals surface area (Å²) < 4.78 is 35.6. The Morgan fingerprint density at radius 2 is 1.90 bits per heavy atom. The van der Waals surface area contributed by atoms with Gasteiger partial charge in [-0.15, -0.1) is 0 Å². The van der Waals surface area contributed by atoms with Gasteiger partial charge in [0.25, 0.3) is 0 Å². The van der Waals surface area contributed by atoms with Crippen LogP contribution in [0.4, 0.5) is 5.69 Å². The van der Waals surface area contributed by atoms with Crippen molar-refractivity contribution in [2.45, 2.75) is 29.8 Å². The van der Waals surface area contributed by atoms with Crippen LogP contribution in [0.15, 0.2) is 84.0 Å². The minimum absolute atomic E-state index is 0.0213. The normalized spacial score (nSPS) is 18.7. The van der Waals surface area contributed by atoms with Gasteiger partial charge in [-0.2, -0.15) is 0 Å². The third-order valence-electron chi connectivity index (χ3n) is 7.58. The van der Waals surface area contributed by atoms with Gasteiger partial charge in [0, 0.05) is 29.6 Å². The fourth-order valence-corrected chi connectivity index (χ4v) is 6.11. The largest absolute Gasteiger partial charge is 0.507 e. The topological polar surface area (TPSA) is 136 Å². The summed E-state index contributed by atoms with van der Waals surface area (Å²) in [6, 6.07) is 18.8. The van der Waals surface area contributed by atoms with Crippen LogP contribution in [-0.4, -0.2) is 61.9 Å². The molecule has 5 rings (SSSR count). The number of sulfone groups is 1. The fraction of sp³-hybridized carbons (Fsp3) is 0.250. The third-order valence-corrected chi connectivity index (χ3v) is 8.69. The number of ether oxygens (including phenoxy) is 2. The first-order valence-corrected chi connectivity index (χ1v) is 15.4. The number of likely N-dealkylation sites (tertiary alicyclic amines) is 1. The summed E-state index contributed by atoms with van der Waals surface area (Å²) in [6.45, 7) is 4.55. The summed E-state index contributed by atoms with van der Waals surface area (Å²) in [6.07, 6.45) is 3.68. The Labute approximate surface area is 244 Å². The van der Waals surface area contributed by atoms with E-state index in [4.69, 9.17) is 15.2 Å². The highest BCUT2D eigenvalue weighted by atomic mass is 32.2. The molecule has 218 valence electrons. The van der Waals surface area contributed by atoms with E-state index >= 15 is 0 Å². The zero-order chi connectivity index (χ0) is 30.1.